The van der Waals surface area contributed by atoms with Crippen LogP contribution >= 0.6 is 48.0 Å². The summed E-state index contributed by atoms with van der Waals surface area (Å²) in [5.74, 6) is 0. The number of hydrogen-bond acceptors (Lipinski definition) is 4. The maximum atomic E-state index is 11.0. The lowest BCUT2D eigenvalue weighted by Gasteiger charge is -2.02. The monoisotopic (exact) mass is 352 g/mol. The van der Waals surface area contributed by atoms with Crippen molar-refractivity contribution >= 4 is 58.5 Å². The highest BCUT2D eigenvalue weighted by Crippen LogP contribution is 2.18. The van der Waals surface area contributed by atoms with Crippen molar-refractivity contribution in [2.45, 2.75) is 0 Å². The Morgan fingerprint density at radius 3 is 1.45 bits per heavy atom. The van der Waals surface area contributed by atoms with E-state index in [-0.39, 0.29) is 24.8 Å². The zero-order valence-corrected chi connectivity index (χ0v) is 12.9. The fraction of sp³-hybridized carbons (Fsp3) is 0. The summed E-state index contributed by atoms with van der Waals surface area (Å²) in [5.41, 5.74) is 1.51. The zero-order valence-electron chi connectivity index (χ0n) is 9.75. The van der Waals surface area contributed by atoms with E-state index in [0.29, 0.717) is 22.5 Å². The Bertz CT molecular complexity index is 579. The molecule has 8 heteroatoms. The van der Waals surface area contributed by atoms with E-state index in [0.717, 1.165) is 0 Å². The van der Waals surface area contributed by atoms with E-state index in [1.54, 1.807) is 0 Å². The first-order valence-electron chi connectivity index (χ1n) is 4.90. The molecule has 0 radical (unpaired) electrons. The van der Waals surface area contributed by atoms with Crippen LogP contribution in [0.4, 0.5) is 0 Å². The highest BCUT2D eigenvalue weighted by atomic mass is 35.5. The molecule has 0 unspecified atom stereocenters. The van der Waals surface area contributed by atoms with Crippen LogP contribution < -0.4 is 0 Å². The van der Waals surface area contributed by atoms with E-state index >= 15 is 0 Å². The van der Waals surface area contributed by atoms with Crippen molar-refractivity contribution in [1.82, 2.24) is 9.97 Å². The Morgan fingerprint density at radius 2 is 1.15 bits per heavy atom. The number of aromatic nitrogens is 2. The average molecular weight is 354 g/mol. The summed E-state index contributed by atoms with van der Waals surface area (Å²) in [4.78, 5) is 30.2. The van der Waals surface area contributed by atoms with Crippen LogP contribution in [0.5, 0.6) is 0 Å². The first-order chi connectivity index (χ1) is 8.58. The molecule has 0 N–H and O–H groups in total. The molecule has 0 bridgehead atoms. The Hall–Kier alpha value is -1.20. The molecule has 20 heavy (non-hydrogen) atoms. The van der Waals surface area contributed by atoms with Crippen molar-refractivity contribution in [2.75, 3.05) is 0 Å². The van der Waals surface area contributed by atoms with Crippen LogP contribution in [0.15, 0.2) is 36.7 Å². The topological polar surface area (TPSA) is 59.9 Å². The molecule has 2 aromatic rings. The molecule has 106 valence electrons. The van der Waals surface area contributed by atoms with Gasteiger partial charge in [0, 0.05) is 23.5 Å². The number of rotatable bonds is 3. The van der Waals surface area contributed by atoms with Gasteiger partial charge in [-0.05, 0) is 47.5 Å². The molecule has 2 rings (SSSR count). The van der Waals surface area contributed by atoms with Crippen molar-refractivity contribution in [3.8, 4) is 11.4 Å². The SMILES string of the molecule is Cl.Cl.O=C(Cl)c1ccnc(-c2cc(C(=O)Cl)ccn2)c1. The summed E-state index contributed by atoms with van der Waals surface area (Å²) in [6.07, 6.45) is 2.89. The quantitative estimate of drug-likeness (QED) is 0.788. The minimum Gasteiger partial charge on any atom is -0.276 e. The maximum Gasteiger partial charge on any atom is 0.252 e. The van der Waals surface area contributed by atoms with Gasteiger partial charge in [-0.3, -0.25) is 19.6 Å². The number of hydrogen-bond donors (Lipinski definition) is 0. The first-order valence-corrected chi connectivity index (χ1v) is 5.65. The van der Waals surface area contributed by atoms with Crippen molar-refractivity contribution in [2.24, 2.45) is 0 Å². The van der Waals surface area contributed by atoms with Gasteiger partial charge in [0.1, 0.15) is 0 Å². The van der Waals surface area contributed by atoms with Crippen LogP contribution in [0.25, 0.3) is 11.4 Å². The smallest absolute Gasteiger partial charge is 0.252 e. The molecule has 2 aromatic heterocycles. The molecule has 0 aliphatic heterocycles. The second-order valence-electron chi connectivity index (χ2n) is 3.41. The van der Waals surface area contributed by atoms with Crippen molar-refractivity contribution in [3.05, 3.63) is 47.8 Å². The van der Waals surface area contributed by atoms with E-state index in [9.17, 15) is 9.59 Å². The minimum atomic E-state index is -0.580. The molecular formula is C12H8Cl4N2O2. The van der Waals surface area contributed by atoms with Gasteiger partial charge >= 0.3 is 0 Å². The van der Waals surface area contributed by atoms with Gasteiger partial charge in [0.15, 0.2) is 0 Å². The number of carbonyl (C=O) groups excluding carboxylic acids is 2. The lowest BCUT2D eigenvalue weighted by atomic mass is 10.1. The molecule has 0 saturated heterocycles. The van der Waals surface area contributed by atoms with E-state index in [4.69, 9.17) is 23.2 Å². The van der Waals surface area contributed by atoms with Gasteiger partial charge in [0.05, 0.1) is 11.4 Å². The number of pyridine rings is 2. The summed E-state index contributed by atoms with van der Waals surface area (Å²) < 4.78 is 0. The van der Waals surface area contributed by atoms with Gasteiger partial charge < -0.3 is 0 Å². The van der Waals surface area contributed by atoms with Gasteiger partial charge in [-0.15, -0.1) is 24.8 Å². The number of halogens is 4. The Labute approximate surface area is 137 Å². The Morgan fingerprint density at radius 1 is 0.800 bits per heavy atom. The summed E-state index contributed by atoms with van der Waals surface area (Å²) in [6.45, 7) is 0. The van der Waals surface area contributed by atoms with E-state index < -0.39 is 10.5 Å². The third-order valence-corrected chi connectivity index (χ3v) is 2.67. The molecule has 0 aliphatic rings. The normalized spacial score (nSPS) is 9.10. The van der Waals surface area contributed by atoms with Crippen LogP contribution in [0.1, 0.15) is 20.7 Å². The predicted molar refractivity (Wildman–Crippen MR) is 82.3 cm³/mol. The number of nitrogens with zero attached hydrogens (tertiary/aromatic N) is 2. The van der Waals surface area contributed by atoms with E-state index in [1.165, 1.54) is 36.7 Å². The largest absolute Gasteiger partial charge is 0.276 e. The summed E-state index contributed by atoms with van der Waals surface area (Å²) in [7, 11) is 0. The molecule has 4 nitrogen and oxygen atoms in total. The van der Waals surface area contributed by atoms with Gasteiger partial charge in [0.2, 0.25) is 0 Å². The zero-order chi connectivity index (χ0) is 13.1. The molecular weight excluding hydrogens is 346 g/mol. The van der Waals surface area contributed by atoms with Gasteiger partial charge in [-0.1, -0.05) is 0 Å². The van der Waals surface area contributed by atoms with Crippen molar-refractivity contribution < 1.29 is 9.59 Å². The standard InChI is InChI=1S/C12H6Cl2N2O2.2ClH/c13-11(17)7-1-3-15-9(5-7)10-6-8(12(14)18)2-4-16-10;;/h1-6H;2*1H. The molecule has 0 saturated carbocycles. The molecule has 0 aliphatic carbocycles. The Balaban J connectivity index is 0.00000180. The van der Waals surface area contributed by atoms with Crippen LogP contribution in [0, 0.1) is 0 Å². The fourth-order valence-corrected chi connectivity index (χ4v) is 1.62. The molecule has 0 spiro atoms. The average Bonchev–Trinajstić information content (AvgIpc) is 2.39. The van der Waals surface area contributed by atoms with Gasteiger partial charge in [-0.25, -0.2) is 0 Å². The van der Waals surface area contributed by atoms with Crippen LogP contribution in [-0.4, -0.2) is 20.5 Å². The summed E-state index contributed by atoms with van der Waals surface area (Å²) in [5, 5.41) is -1.16. The number of carbonyl (C=O) groups is 2. The molecule has 0 amide bonds. The molecule has 0 atom stereocenters. The second kappa shape index (κ2) is 8.17. The van der Waals surface area contributed by atoms with Gasteiger partial charge in [-0.2, -0.15) is 0 Å². The lowest BCUT2D eigenvalue weighted by Crippen LogP contribution is -1.95. The van der Waals surface area contributed by atoms with E-state index in [1.807, 2.05) is 0 Å². The molecule has 0 aromatic carbocycles. The van der Waals surface area contributed by atoms with Crippen LogP contribution in [0.2, 0.25) is 0 Å². The third kappa shape index (κ3) is 4.42. The highest BCUT2D eigenvalue weighted by molar-refractivity contribution is 6.68. The summed E-state index contributed by atoms with van der Waals surface area (Å²) in [6, 6.07) is 5.99. The van der Waals surface area contributed by atoms with Crippen LogP contribution in [-0.2, 0) is 0 Å². The fourth-order valence-electron chi connectivity index (χ4n) is 1.39. The summed E-state index contributed by atoms with van der Waals surface area (Å²) >= 11 is 10.8. The van der Waals surface area contributed by atoms with Crippen LogP contribution in [0.3, 0.4) is 0 Å². The van der Waals surface area contributed by atoms with Crippen molar-refractivity contribution in [3.63, 3.8) is 0 Å². The van der Waals surface area contributed by atoms with Gasteiger partial charge in [0.25, 0.3) is 10.5 Å². The predicted octanol–water partition coefficient (Wildman–Crippen LogP) is 3.75. The van der Waals surface area contributed by atoms with Crippen molar-refractivity contribution in [1.29, 1.82) is 0 Å². The third-order valence-electron chi connectivity index (χ3n) is 2.24. The highest BCUT2D eigenvalue weighted by Gasteiger charge is 2.09. The molecule has 0 fully saturated rings. The lowest BCUT2D eigenvalue weighted by molar-refractivity contribution is 0.107. The molecule has 2 heterocycles. The maximum absolute atomic E-state index is 11.0. The Kier molecular flexibility index (Phi) is 7.68. The second-order valence-corrected chi connectivity index (χ2v) is 4.09. The van der Waals surface area contributed by atoms with E-state index in [2.05, 4.69) is 9.97 Å². The minimum absolute atomic E-state index is 0. The first kappa shape index (κ1) is 18.8.